The molecule has 0 amide bonds. The van der Waals surface area contributed by atoms with Crippen LogP contribution in [0.15, 0.2) is 30.3 Å². The van der Waals surface area contributed by atoms with Gasteiger partial charge in [-0.2, -0.15) is 0 Å². The van der Waals surface area contributed by atoms with Gasteiger partial charge in [0, 0.05) is 32.4 Å². The van der Waals surface area contributed by atoms with Crippen molar-refractivity contribution >= 4 is 8.80 Å². The van der Waals surface area contributed by atoms with E-state index in [1.807, 2.05) is 51.1 Å². The van der Waals surface area contributed by atoms with Crippen LogP contribution in [0, 0.1) is 5.92 Å². The Labute approximate surface area is 149 Å². The molecule has 6 heteroatoms. The molecule has 0 saturated heterocycles. The summed E-state index contributed by atoms with van der Waals surface area (Å²) in [4.78, 5) is 0. The van der Waals surface area contributed by atoms with Crippen molar-refractivity contribution in [1.82, 2.24) is 0 Å². The highest BCUT2D eigenvalue weighted by Gasteiger charge is 2.42. The number of hydrogen-bond donors (Lipinski definition) is 2. The van der Waals surface area contributed by atoms with Crippen LogP contribution in [0.1, 0.15) is 39.7 Å². The summed E-state index contributed by atoms with van der Waals surface area (Å²) in [5, 5.41) is 0. The first-order valence-corrected chi connectivity index (χ1v) is 10.9. The van der Waals surface area contributed by atoms with E-state index in [-0.39, 0.29) is 0 Å². The molecule has 0 heterocycles. The molecule has 1 aromatic carbocycles. The monoisotopic (exact) mass is 356 g/mol. The Kier molecular flexibility index (Phi) is 14.1. The molecule has 0 saturated carbocycles. The van der Waals surface area contributed by atoms with Crippen molar-refractivity contribution in [2.75, 3.05) is 26.4 Å². The van der Waals surface area contributed by atoms with Crippen LogP contribution in [0.5, 0.6) is 0 Å². The minimum absolute atomic E-state index is 0.427. The predicted molar refractivity (Wildman–Crippen MR) is 103 cm³/mol. The first-order valence-electron chi connectivity index (χ1n) is 8.97. The molecule has 0 aromatic heterocycles. The Morgan fingerprint density at radius 2 is 1.38 bits per heavy atom. The third-order valence-electron chi connectivity index (χ3n) is 3.62. The van der Waals surface area contributed by atoms with Crippen LogP contribution in [-0.4, -0.2) is 35.2 Å². The Hall–Kier alpha value is -0.763. The Morgan fingerprint density at radius 3 is 1.67 bits per heavy atom. The molecule has 0 aliphatic carbocycles. The second-order valence-electron chi connectivity index (χ2n) is 5.39. The molecule has 1 rings (SSSR count). The van der Waals surface area contributed by atoms with E-state index in [2.05, 4.69) is 6.92 Å². The smallest absolute Gasteiger partial charge is 0.374 e. The summed E-state index contributed by atoms with van der Waals surface area (Å²) in [7, 11) is -2.48. The van der Waals surface area contributed by atoms with Crippen LogP contribution in [0.3, 0.4) is 0 Å². The fourth-order valence-electron chi connectivity index (χ4n) is 2.32. The highest BCUT2D eigenvalue weighted by molar-refractivity contribution is 6.60. The molecule has 1 atom stereocenters. The summed E-state index contributed by atoms with van der Waals surface area (Å²) in [6.07, 6.45) is 1.04. The van der Waals surface area contributed by atoms with Gasteiger partial charge in [-0.15, -0.1) is 0 Å². The minimum Gasteiger partial charge on any atom is -0.374 e. The van der Waals surface area contributed by atoms with E-state index in [4.69, 9.17) is 24.7 Å². The Morgan fingerprint density at radius 1 is 0.875 bits per heavy atom. The van der Waals surface area contributed by atoms with Crippen molar-refractivity contribution < 1.29 is 13.3 Å². The zero-order chi connectivity index (χ0) is 18.3. The van der Waals surface area contributed by atoms with Gasteiger partial charge in [0.05, 0.1) is 0 Å². The SMILES string of the molecule is CCO[Si](CC(CC)CN)(OCC)OCC.NCc1ccccc1. The number of benzene rings is 1. The number of rotatable bonds is 11. The van der Waals surface area contributed by atoms with Crippen LogP contribution < -0.4 is 11.5 Å². The van der Waals surface area contributed by atoms with E-state index in [1.54, 1.807) is 0 Å². The molecule has 1 unspecified atom stereocenters. The van der Waals surface area contributed by atoms with Crippen molar-refractivity contribution in [3.8, 4) is 0 Å². The largest absolute Gasteiger partial charge is 0.501 e. The van der Waals surface area contributed by atoms with E-state index >= 15 is 0 Å². The van der Waals surface area contributed by atoms with Gasteiger partial charge in [-0.25, -0.2) is 0 Å². The van der Waals surface area contributed by atoms with Crippen molar-refractivity contribution in [2.45, 2.75) is 46.7 Å². The van der Waals surface area contributed by atoms with Gasteiger partial charge in [0.15, 0.2) is 0 Å². The van der Waals surface area contributed by atoms with Gasteiger partial charge >= 0.3 is 8.80 Å². The molecule has 0 aliphatic heterocycles. The summed E-state index contributed by atoms with van der Waals surface area (Å²) in [5.41, 5.74) is 12.3. The quantitative estimate of drug-likeness (QED) is 0.595. The summed E-state index contributed by atoms with van der Waals surface area (Å²) in [6.45, 7) is 11.3. The number of hydrogen-bond acceptors (Lipinski definition) is 5. The van der Waals surface area contributed by atoms with Crippen LogP contribution in [-0.2, 0) is 19.8 Å². The third kappa shape index (κ3) is 9.51. The number of nitrogens with two attached hydrogens (primary N) is 2. The molecule has 4 N–H and O–H groups in total. The molecule has 140 valence electrons. The molecule has 0 spiro atoms. The zero-order valence-electron chi connectivity index (χ0n) is 15.8. The first-order chi connectivity index (χ1) is 11.6. The first kappa shape index (κ1) is 23.2. The normalized spacial score (nSPS) is 12.4. The Bertz CT molecular complexity index is 372. The summed E-state index contributed by atoms with van der Waals surface area (Å²) < 4.78 is 17.4. The highest BCUT2D eigenvalue weighted by Crippen LogP contribution is 2.23. The maximum absolute atomic E-state index is 5.78. The molecule has 0 aliphatic rings. The molecule has 0 radical (unpaired) electrons. The lowest BCUT2D eigenvalue weighted by atomic mass is 10.1. The van der Waals surface area contributed by atoms with Gasteiger partial charge in [-0.1, -0.05) is 43.7 Å². The summed E-state index contributed by atoms with van der Waals surface area (Å²) >= 11 is 0. The topological polar surface area (TPSA) is 79.7 Å². The maximum Gasteiger partial charge on any atom is 0.501 e. The van der Waals surface area contributed by atoms with Gasteiger partial charge in [0.25, 0.3) is 0 Å². The van der Waals surface area contributed by atoms with E-state index in [9.17, 15) is 0 Å². The van der Waals surface area contributed by atoms with Crippen molar-refractivity contribution in [3.05, 3.63) is 35.9 Å². The van der Waals surface area contributed by atoms with E-state index < -0.39 is 8.80 Å². The van der Waals surface area contributed by atoms with E-state index in [0.29, 0.717) is 38.8 Å². The second kappa shape index (κ2) is 14.6. The van der Waals surface area contributed by atoms with Crippen molar-refractivity contribution in [2.24, 2.45) is 17.4 Å². The lowest BCUT2D eigenvalue weighted by molar-refractivity contribution is 0.0671. The molecular formula is C18H36N2O3Si. The second-order valence-corrected chi connectivity index (χ2v) is 8.03. The molecular weight excluding hydrogens is 320 g/mol. The standard InChI is InChI=1S/C11H27NO3Si.C7H9N/c1-5-11(9-12)10-16(13-6-2,14-7-3)15-8-4;8-6-7-4-2-1-3-5-7/h11H,5-10,12H2,1-4H3;1-5H,6,8H2. The molecule has 0 fully saturated rings. The fourth-order valence-corrected chi connectivity index (χ4v) is 5.41. The maximum atomic E-state index is 5.78. The van der Waals surface area contributed by atoms with E-state index in [0.717, 1.165) is 12.5 Å². The average molecular weight is 357 g/mol. The minimum atomic E-state index is -2.48. The molecule has 24 heavy (non-hydrogen) atoms. The highest BCUT2D eigenvalue weighted by atomic mass is 28.4. The molecule has 1 aromatic rings. The van der Waals surface area contributed by atoms with Gasteiger partial charge in [-0.3, -0.25) is 0 Å². The van der Waals surface area contributed by atoms with Gasteiger partial charge in [-0.05, 0) is 38.8 Å². The zero-order valence-corrected chi connectivity index (χ0v) is 16.8. The molecule has 0 bridgehead atoms. The van der Waals surface area contributed by atoms with Crippen LogP contribution >= 0.6 is 0 Å². The van der Waals surface area contributed by atoms with Crippen LogP contribution in [0.4, 0.5) is 0 Å². The van der Waals surface area contributed by atoms with E-state index in [1.165, 1.54) is 5.56 Å². The third-order valence-corrected chi connectivity index (χ3v) is 6.88. The molecule has 5 nitrogen and oxygen atoms in total. The lowest BCUT2D eigenvalue weighted by Gasteiger charge is -2.31. The predicted octanol–water partition coefficient (Wildman–Crippen LogP) is 3.17. The average Bonchev–Trinajstić information content (AvgIpc) is 2.61. The van der Waals surface area contributed by atoms with Gasteiger partial charge < -0.3 is 24.7 Å². The fraction of sp³-hybridized carbons (Fsp3) is 0.667. The van der Waals surface area contributed by atoms with Crippen molar-refractivity contribution in [3.63, 3.8) is 0 Å². The van der Waals surface area contributed by atoms with Crippen LogP contribution in [0.2, 0.25) is 6.04 Å². The summed E-state index contributed by atoms with van der Waals surface area (Å²) in [5.74, 6) is 0.427. The lowest BCUT2D eigenvalue weighted by Crippen LogP contribution is -2.48. The Balaban J connectivity index is 0.000000546. The van der Waals surface area contributed by atoms with Crippen molar-refractivity contribution in [1.29, 1.82) is 0 Å². The van der Waals surface area contributed by atoms with Gasteiger partial charge in [0.1, 0.15) is 0 Å². The van der Waals surface area contributed by atoms with Gasteiger partial charge in [0.2, 0.25) is 0 Å². The summed E-state index contributed by atoms with van der Waals surface area (Å²) in [6, 6.07) is 10.8. The van der Waals surface area contributed by atoms with Crippen LogP contribution in [0.25, 0.3) is 0 Å².